The lowest BCUT2D eigenvalue weighted by atomic mass is 10.1. The molecule has 0 bridgehead atoms. The Morgan fingerprint density at radius 2 is 1.85 bits per heavy atom. The van der Waals surface area contributed by atoms with Crippen LogP contribution in [0.25, 0.3) is 17.0 Å². The molecule has 4 nitrogen and oxygen atoms in total. The summed E-state index contributed by atoms with van der Waals surface area (Å²) in [6.45, 7) is 3.99. The minimum Gasteiger partial charge on any atom is -0.396 e. The van der Waals surface area contributed by atoms with E-state index >= 15 is 0 Å². The summed E-state index contributed by atoms with van der Waals surface area (Å²) in [6, 6.07) is 14.7. The number of aldehydes is 1. The zero-order chi connectivity index (χ0) is 19.1. The first-order chi connectivity index (χ1) is 13.2. The molecule has 3 N–H and O–H groups in total. The number of hydrogen-bond donors (Lipinski definition) is 3. The molecule has 0 aliphatic heterocycles. The van der Waals surface area contributed by atoms with E-state index in [9.17, 15) is 4.79 Å². The second-order valence-electron chi connectivity index (χ2n) is 6.75. The van der Waals surface area contributed by atoms with Gasteiger partial charge in [0.25, 0.3) is 0 Å². The van der Waals surface area contributed by atoms with Crippen molar-refractivity contribution in [2.45, 2.75) is 26.3 Å². The molecule has 0 fully saturated rings. The van der Waals surface area contributed by atoms with E-state index < -0.39 is 0 Å². The smallest absolute Gasteiger partial charge is 0.142 e. The largest absolute Gasteiger partial charge is 0.396 e. The van der Waals surface area contributed by atoms with Crippen LogP contribution in [-0.2, 0) is 24.2 Å². The molecule has 0 radical (unpaired) electrons. The molecule has 0 unspecified atom stereocenters. The van der Waals surface area contributed by atoms with Crippen LogP contribution in [0.2, 0.25) is 0 Å². The number of aryl methyl sites for hydroxylation is 1. The maximum Gasteiger partial charge on any atom is 0.142 e. The molecule has 0 aliphatic carbocycles. The molecule has 1 aromatic heterocycles. The van der Waals surface area contributed by atoms with Gasteiger partial charge in [0.05, 0.1) is 0 Å². The fourth-order valence-corrected chi connectivity index (χ4v) is 3.32. The van der Waals surface area contributed by atoms with Crippen molar-refractivity contribution in [3.63, 3.8) is 0 Å². The van der Waals surface area contributed by atoms with Crippen molar-refractivity contribution in [1.29, 1.82) is 0 Å². The number of carbonyl (C=O) groups is 1. The highest BCUT2D eigenvalue weighted by molar-refractivity contribution is 5.85. The van der Waals surface area contributed by atoms with Gasteiger partial charge in [-0.15, -0.1) is 0 Å². The molecular formula is C23H26N2O2. The SMILES string of the molecule is Cc1c(CCO)[nH]c2cc(CCNCc3ccc(/C=C/C=O)cc3)ccc12. The van der Waals surface area contributed by atoms with Crippen LogP contribution >= 0.6 is 0 Å². The quantitative estimate of drug-likeness (QED) is 0.310. The molecule has 4 heteroatoms. The Balaban J connectivity index is 1.52. The number of aliphatic hydroxyl groups excluding tert-OH is 1. The molecule has 3 aromatic rings. The Labute approximate surface area is 159 Å². The predicted molar refractivity (Wildman–Crippen MR) is 111 cm³/mol. The normalized spacial score (nSPS) is 11.5. The Morgan fingerprint density at radius 3 is 2.59 bits per heavy atom. The molecule has 140 valence electrons. The summed E-state index contributed by atoms with van der Waals surface area (Å²) in [6.07, 6.45) is 5.72. The average molecular weight is 362 g/mol. The van der Waals surface area contributed by atoms with Gasteiger partial charge in [-0.2, -0.15) is 0 Å². The molecule has 0 atom stereocenters. The maximum atomic E-state index is 10.3. The summed E-state index contributed by atoms with van der Waals surface area (Å²) < 4.78 is 0. The summed E-state index contributed by atoms with van der Waals surface area (Å²) in [5.41, 5.74) is 7.04. The number of rotatable bonds is 9. The van der Waals surface area contributed by atoms with E-state index in [1.54, 1.807) is 6.08 Å². The number of fused-ring (bicyclic) bond motifs is 1. The fraction of sp³-hybridized carbons (Fsp3) is 0.261. The van der Waals surface area contributed by atoms with Crippen molar-refractivity contribution < 1.29 is 9.90 Å². The van der Waals surface area contributed by atoms with E-state index in [-0.39, 0.29) is 6.61 Å². The van der Waals surface area contributed by atoms with Crippen LogP contribution in [0, 0.1) is 6.92 Å². The predicted octanol–water partition coefficient (Wildman–Crippen LogP) is 3.56. The number of hydrogen-bond acceptors (Lipinski definition) is 3. The maximum absolute atomic E-state index is 10.3. The zero-order valence-electron chi connectivity index (χ0n) is 15.7. The molecule has 1 heterocycles. The van der Waals surface area contributed by atoms with E-state index in [1.807, 2.05) is 12.1 Å². The number of aliphatic hydroxyl groups is 1. The number of benzene rings is 2. The molecule has 0 amide bonds. The van der Waals surface area contributed by atoms with Gasteiger partial charge in [0.15, 0.2) is 0 Å². The average Bonchev–Trinajstić information content (AvgIpc) is 3.00. The van der Waals surface area contributed by atoms with Crippen LogP contribution in [0.3, 0.4) is 0 Å². The first-order valence-electron chi connectivity index (χ1n) is 9.33. The van der Waals surface area contributed by atoms with Gasteiger partial charge in [-0.25, -0.2) is 0 Å². The minimum absolute atomic E-state index is 0.165. The number of aromatic nitrogens is 1. The second-order valence-corrected chi connectivity index (χ2v) is 6.75. The number of allylic oxidation sites excluding steroid dienone is 1. The first kappa shape index (κ1) is 19.1. The van der Waals surface area contributed by atoms with Crippen LogP contribution in [0.15, 0.2) is 48.5 Å². The van der Waals surface area contributed by atoms with Gasteiger partial charge in [-0.1, -0.05) is 42.5 Å². The molecule has 0 saturated heterocycles. The fourth-order valence-electron chi connectivity index (χ4n) is 3.32. The second kappa shape index (κ2) is 9.31. The van der Waals surface area contributed by atoms with Crippen molar-refractivity contribution in [1.82, 2.24) is 10.3 Å². The first-order valence-corrected chi connectivity index (χ1v) is 9.33. The molecule has 2 aromatic carbocycles. The Kier molecular flexibility index (Phi) is 6.58. The van der Waals surface area contributed by atoms with Crippen molar-refractivity contribution in [3.05, 3.63) is 76.5 Å². The van der Waals surface area contributed by atoms with Crippen LogP contribution in [-0.4, -0.2) is 29.5 Å². The molecule has 0 aliphatic rings. The molecule has 0 saturated carbocycles. The van der Waals surface area contributed by atoms with Crippen molar-refractivity contribution >= 4 is 23.3 Å². The van der Waals surface area contributed by atoms with Gasteiger partial charge < -0.3 is 15.4 Å². The lowest BCUT2D eigenvalue weighted by Crippen LogP contribution is -2.16. The highest BCUT2D eigenvalue weighted by atomic mass is 16.3. The monoisotopic (exact) mass is 362 g/mol. The van der Waals surface area contributed by atoms with Crippen LogP contribution in [0.4, 0.5) is 0 Å². The van der Waals surface area contributed by atoms with E-state index in [0.717, 1.165) is 42.6 Å². The van der Waals surface area contributed by atoms with E-state index in [2.05, 4.69) is 47.6 Å². The highest BCUT2D eigenvalue weighted by Gasteiger charge is 2.07. The van der Waals surface area contributed by atoms with Crippen LogP contribution in [0.5, 0.6) is 0 Å². The van der Waals surface area contributed by atoms with Gasteiger partial charge in [0, 0.05) is 36.2 Å². The van der Waals surface area contributed by atoms with Gasteiger partial charge in [-0.3, -0.25) is 4.79 Å². The van der Waals surface area contributed by atoms with Crippen LogP contribution < -0.4 is 5.32 Å². The third kappa shape index (κ3) is 4.94. The van der Waals surface area contributed by atoms with Crippen molar-refractivity contribution in [2.75, 3.05) is 13.2 Å². The lowest BCUT2D eigenvalue weighted by Gasteiger charge is -2.06. The Hall–Kier alpha value is -2.69. The van der Waals surface area contributed by atoms with E-state index in [0.29, 0.717) is 6.42 Å². The summed E-state index contributed by atoms with van der Waals surface area (Å²) in [5.74, 6) is 0. The van der Waals surface area contributed by atoms with Crippen LogP contribution in [0.1, 0.15) is 27.9 Å². The van der Waals surface area contributed by atoms with Crippen molar-refractivity contribution in [3.8, 4) is 0 Å². The molecule has 27 heavy (non-hydrogen) atoms. The molecule has 0 spiro atoms. The highest BCUT2D eigenvalue weighted by Crippen LogP contribution is 2.23. The number of aromatic amines is 1. The van der Waals surface area contributed by atoms with Gasteiger partial charge in [-0.05, 0) is 54.3 Å². The standard InChI is InChI=1S/C23H26N2O2/c1-17-21-9-8-19(15-23(21)25-22(17)11-14-27)10-12-24-16-20-6-4-18(5-7-20)3-2-13-26/h2-9,13,15,24-25,27H,10-12,14,16H2,1H3/b3-2+. The van der Waals surface area contributed by atoms with Crippen molar-refractivity contribution in [2.24, 2.45) is 0 Å². The summed E-state index contributed by atoms with van der Waals surface area (Å²) in [5, 5.41) is 13.9. The number of carbonyl (C=O) groups excluding carboxylic acids is 1. The molecular weight excluding hydrogens is 336 g/mol. The third-order valence-corrected chi connectivity index (χ3v) is 4.85. The minimum atomic E-state index is 0.165. The third-order valence-electron chi connectivity index (χ3n) is 4.85. The Bertz CT molecular complexity index is 923. The Morgan fingerprint density at radius 1 is 1.07 bits per heavy atom. The summed E-state index contributed by atoms with van der Waals surface area (Å²) >= 11 is 0. The molecule has 3 rings (SSSR count). The van der Waals surface area contributed by atoms with Gasteiger partial charge in [0.2, 0.25) is 0 Å². The number of nitrogens with one attached hydrogen (secondary N) is 2. The van der Waals surface area contributed by atoms with Gasteiger partial charge >= 0.3 is 0 Å². The zero-order valence-corrected chi connectivity index (χ0v) is 15.7. The lowest BCUT2D eigenvalue weighted by molar-refractivity contribution is -0.104. The van der Waals surface area contributed by atoms with Gasteiger partial charge in [0.1, 0.15) is 6.29 Å². The topological polar surface area (TPSA) is 65.1 Å². The number of H-pyrrole nitrogens is 1. The summed E-state index contributed by atoms with van der Waals surface area (Å²) in [4.78, 5) is 13.8. The summed E-state index contributed by atoms with van der Waals surface area (Å²) in [7, 11) is 0. The van der Waals surface area contributed by atoms with E-state index in [4.69, 9.17) is 5.11 Å². The van der Waals surface area contributed by atoms with E-state index in [1.165, 1.54) is 28.2 Å².